The van der Waals surface area contributed by atoms with Crippen LogP contribution in [-0.4, -0.2) is 22.8 Å². The number of fused-ring (bicyclic) bond motifs is 3. The van der Waals surface area contributed by atoms with Gasteiger partial charge in [0.2, 0.25) is 0 Å². The van der Waals surface area contributed by atoms with Crippen molar-refractivity contribution in [2.24, 2.45) is 34.5 Å². The maximum Gasteiger partial charge on any atom is 0.178 e. The minimum atomic E-state index is -0.439. The fraction of sp³-hybridized carbons (Fsp3) is 0.727. The molecule has 3 aliphatic rings. The molecule has 138 valence electrons. The van der Waals surface area contributed by atoms with Gasteiger partial charge in [0.25, 0.3) is 0 Å². The molecule has 7 atom stereocenters. The number of carbonyl (C=O) groups is 2. The Bertz CT molecular complexity index is 646. The van der Waals surface area contributed by atoms with Gasteiger partial charge in [-0.25, -0.2) is 0 Å². The van der Waals surface area contributed by atoms with E-state index in [4.69, 9.17) is 0 Å². The van der Waals surface area contributed by atoms with Gasteiger partial charge in [-0.2, -0.15) is 0 Å². The average Bonchev–Trinajstić information content (AvgIpc) is 2.54. The van der Waals surface area contributed by atoms with E-state index < -0.39 is 6.10 Å². The summed E-state index contributed by atoms with van der Waals surface area (Å²) >= 11 is 0. The molecule has 25 heavy (non-hydrogen) atoms. The van der Waals surface area contributed by atoms with Crippen molar-refractivity contribution < 1.29 is 14.7 Å². The van der Waals surface area contributed by atoms with Crippen LogP contribution >= 0.6 is 0 Å². The number of hydrogen-bond acceptors (Lipinski definition) is 3. The average molecular weight is 344 g/mol. The molecular weight excluding hydrogens is 312 g/mol. The Kier molecular flexibility index (Phi) is 4.60. The molecule has 2 saturated carbocycles. The fourth-order valence-electron chi connectivity index (χ4n) is 6.44. The third kappa shape index (κ3) is 2.66. The molecule has 3 aliphatic carbocycles. The molecule has 3 nitrogen and oxygen atoms in total. The van der Waals surface area contributed by atoms with E-state index in [2.05, 4.69) is 20.8 Å². The molecule has 2 fully saturated rings. The number of allylic oxidation sites excluding steroid dienone is 4. The lowest BCUT2D eigenvalue weighted by Crippen LogP contribution is -2.58. The molecular formula is C22H32O3. The van der Waals surface area contributed by atoms with Crippen molar-refractivity contribution in [1.82, 2.24) is 0 Å². The number of aliphatic hydroxyl groups is 1. The van der Waals surface area contributed by atoms with Gasteiger partial charge in [-0.1, -0.05) is 45.8 Å². The molecule has 0 aromatic carbocycles. The van der Waals surface area contributed by atoms with Crippen LogP contribution in [0.5, 0.6) is 0 Å². The summed E-state index contributed by atoms with van der Waals surface area (Å²) in [6.45, 7) is 10.3. The lowest BCUT2D eigenvalue weighted by Gasteiger charge is -2.60. The zero-order valence-corrected chi connectivity index (χ0v) is 16.2. The largest absolute Gasteiger partial charge is 0.393 e. The third-order valence-electron chi connectivity index (χ3n) is 7.97. The van der Waals surface area contributed by atoms with E-state index in [1.54, 1.807) is 19.1 Å². The van der Waals surface area contributed by atoms with Gasteiger partial charge >= 0.3 is 0 Å². The second-order valence-corrected chi connectivity index (χ2v) is 9.04. The van der Waals surface area contributed by atoms with Gasteiger partial charge in [-0.3, -0.25) is 9.59 Å². The quantitative estimate of drug-likeness (QED) is 0.838. The number of rotatable bonds is 3. The van der Waals surface area contributed by atoms with Crippen LogP contribution in [0.15, 0.2) is 23.8 Å². The molecule has 0 bridgehead atoms. The number of carbonyl (C=O) groups excluding carboxylic acids is 2. The SMILES string of the molecule is CCC1C2CCC3=CC(=O)C=CC3(C)C2C(O)CC1(C)C(C)C(C)=O. The van der Waals surface area contributed by atoms with Crippen molar-refractivity contribution >= 4 is 11.6 Å². The van der Waals surface area contributed by atoms with Crippen LogP contribution in [0.1, 0.15) is 60.3 Å². The van der Waals surface area contributed by atoms with E-state index >= 15 is 0 Å². The highest BCUT2D eigenvalue weighted by atomic mass is 16.3. The van der Waals surface area contributed by atoms with Crippen LogP contribution in [0.2, 0.25) is 0 Å². The Morgan fingerprint density at radius 2 is 2.08 bits per heavy atom. The highest BCUT2D eigenvalue weighted by molar-refractivity contribution is 6.01. The summed E-state index contributed by atoms with van der Waals surface area (Å²) in [5.74, 6) is 1.19. The van der Waals surface area contributed by atoms with Crippen LogP contribution in [0.4, 0.5) is 0 Å². The van der Waals surface area contributed by atoms with Gasteiger partial charge in [0, 0.05) is 17.3 Å². The van der Waals surface area contributed by atoms with Crippen molar-refractivity contribution in [3.8, 4) is 0 Å². The summed E-state index contributed by atoms with van der Waals surface area (Å²) in [6, 6.07) is 0. The van der Waals surface area contributed by atoms with Gasteiger partial charge < -0.3 is 5.11 Å². The summed E-state index contributed by atoms with van der Waals surface area (Å²) < 4.78 is 0. The molecule has 0 heterocycles. The predicted octanol–water partition coefficient (Wildman–Crippen LogP) is 4.11. The standard InChI is InChI=1S/C22H32O3/c1-6-18-17-8-7-15-11-16(24)9-10-21(15,4)20(17)19(25)12-22(18,5)13(2)14(3)23/h9-11,13,17-20,25H,6-8,12H2,1-5H3. The van der Waals surface area contributed by atoms with E-state index in [1.165, 1.54) is 5.57 Å². The minimum absolute atomic E-state index is 0.0405. The highest BCUT2D eigenvalue weighted by Crippen LogP contribution is 2.62. The first-order valence-electron chi connectivity index (χ1n) is 9.78. The Labute approximate surface area is 151 Å². The van der Waals surface area contributed by atoms with Crippen LogP contribution in [-0.2, 0) is 9.59 Å². The molecule has 0 radical (unpaired) electrons. The summed E-state index contributed by atoms with van der Waals surface area (Å²) in [6.07, 6.45) is 8.67. The number of aliphatic hydroxyl groups excluding tert-OH is 1. The van der Waals surface area contributed by atoms with Crippen LogP contribution in [0.3, 0.4) is 0 Å². The zero-order valence-electron chi connectivity index (χ0n) is 16.2. The number of ketones is 2. The van der Waals surface area contributed by atoms with Crippen LogP contribution in [0, 0.1) is 34.5 Å². The molecule has 1 N–H and O–H groups in total. The lowest BCUT2D eigenvalue weighted by molar-refractivity contribution is -0.148. The van der Waals surface area contributed by atoms with Crippen molar-refractivity contribution in [3.05, 3.63) is 23.8 Å². The van der Waals surface area contributed by atoms with Crippen molar-refractivity contribution in [2.75, 3.05) is 0 Å². The van der Waals surface area contributed by atoms with E-state index in [0.717, 1.165) is 19.3 Å². The maximum absolute atomic E-state index is 12.2. The van der Waals surface area contributed by atoms with E-state index in [1.807, 2.05) is 13.0 Å². The second-order valence-electron chi connectivity index (χ2n) is 9.04. The van der Waals surface area contributed by atoms with Crippen molar-refractivity contribution in [2.45, 2.75) is 66.4 Å². The molecule has 3 rings (SSSR count). The summed E-state index contributed by atoms with van der Waals surface area (Å²) in [4.78, 5) is 24.0. The van der Waals surface area contributed by atoms with Crippen LogP contribution in [0.25, 0.3) is 0 Å². The Morgan fingerprint density at radius 1 is 1.40 bits per heavy atom. The minimum Gasteiger partial charge on any atom is -0.393 e. The molecule has 0 spiro atoms. The summed E-state index contributed by atoms with van der Waals surface area (Å²) in [7, 11) is 0. The highest BCUT2D eigenvalue weighted by Gasteiger charge is 2.58. The van der Waals surface area contributed by atoms with Crippen molar-refractivity contribution in [3.63, 3.8) is 0 Å². The topological polar surface area (TPSA) is 54.4 Å². The molecule has 0 amide bonds. The first-order chi connectivity index (χ1) is 11.6. The molecule has 0 aromatic heterocycles. The molecule has 0 aromatic rings. The predicted molar refractivity (Wildman–Crippen MR) is 98.9 cm³/mol. The number of hydrogen-bond donors (Lipinski definition) is 1. The van der Waals surface area contributed by atoms with E-state index in [0.29, 0.717) is 18.3 Å². The Balaban J connectivity index is 2.03. The lowest BCUT2D eigenvalue weighted by atomic mass is 9.44. The third-order valence-corrected chi connectivity index (χ3v) is 7.97. The number of Topliss-reactive ketones (excluding diaryl/α,β-unsaturated/α-hetero) is 1. The maximum atomic E-state index is 12.2. The van der Waals surface area contributed by atoms with Crippen molar-refractivity contribution in [1.29, 1.82) is 0 Å². The normalized spacial score (nSPS) is 44.6. The fourth-order valence-corrected chi connectivity index (χ4v) is 6.44. The van der Waals surface area contributed by atoms with Gasteiger partial charge in [0.15, 0.2) is 5.78 Å². The first-order valence-corrected chi connectivity index (χ1v) is 9.78. The van der Waals surface area contributed by atoms with Gasteiger partial charge in [-0.15, -0.1) is 0 Å². The van der Waals surface area contributed by atoms with E-state index in [-0.39, 0.29) is 34.2 Å². The molecule has 0 saturated heterocycles. The summed E-state index contributed by atoms with van der Waals surface area (Å²) in [5, 5.41) is 11.2. The van der Waals surface area contributed by atoms with Gasteiger partial charge in [-0.05, 0) is 55.6 Å². The zero-order chi connectivity index (χ0) is 18.6. The van der Waals surface area contributed by atoms with Crippen LogP contribution < -0.4 is 0 Å². The monoisotopic (exact) mass is 344 g/mol. The summed E-state index contributed by atoms with van der Waals surface area (Å²) in [5.41, 5.74) is 0.788. The Hall–Kier alpha value is -1.22. The molecule has 7 unspecified atom stereocenters. The van der Waals surface area contributed by atoms with Gasteiger partial charge in [0.05, 0.1) is 6.10 Å². The van der Waals surface area contributed by atoms with Gasteiger partial charge in [0.1, 0.15) is 5.78 Å². The molecule has 0 aliphatic heterocycles. The smallest absolute Gasteiger partial charge is 0.178 e. The second kappa shape index (κ2) is 6.19. The van der Waals surface area contributed by atoms with E-state index in [9.17, 15) is 14.7 Å². The first kappa shape index (κ1) is 18.6. The molecule has 3 heteroatoms. The Morgan fingerprint density at radius 3 is 2.68 bits per heavy atom.